The summed E-state index contributed by atoms with van der Waals surface area (Å²) < 4.78 is 0. The molecule has 2 saturated heterocycles. The van der Waals surface area contributed by atoms with Gasteiger partial charge < -0.3 is 15.1 Å². The number of anilines is 3. The van der Waals surface area contributed by atoms with Gasteiger partial charge in [0.15, 0.2) is 23.1 Å². The van der Waals surface area contributed by atoms with Crippen LogP contribution in [0.25, 0.3) is 10.8 Å². The van der Waals surface area contributed by atoms with Gasteiger partial charge >= 0.3 is 0 Å². The minimum Gasteiger partial charge on any atom is -0.354 e. The number of hydrogen-bond donors (Lipinski definition) is 1. The summed E-state index contributed by atoms with van der Waals surface area (Å²) in [5.74, 6) is 4.61. The fraction of sp³-hybridized carbons (Fsp3) is 0.333. The Hall–Kier alpha value is -4.06. The van der Waals surface area contributed by atoms with Gasteiger partial charge in [0.25, 0.3) is 0 Å². The molecule has 1 N–H and O–H groups in total. The van der Waals surface area contributed by atoms with Crippen molar-refractivity contribution in [1.82, 2.24) is 25.4 Å². The van der Waals surface area contributed by atoms with Crippen LogP contribution in [-0.4, -0.2) is 63.4 Å². The number of allylic oxidation sites excluding steroid dienone is 1. The lowest BCUT2D eigenvalue weighted by Crippen LogP contribution is -2.38. The van der Waals surface area contributed by atoms with E-state index in [0.29, 0.717) is 18.1 Å². The molecule has 166 valence electrons. The van der Waals surface area contributed by atoms with Crippen LogP contribution in [0.3, 0.4) is 0 Å². The average molecular weight is 441 g/mol. The number of fused-ring (bicyclic) bond motifs is 1. The smallest absolute Gasteiger partial charge is 0.243 e. The monoisotopic (exact) mass is 440 g/mol. The molecule has 0 spiro atoms. The van der Waals surface area contributed by atoms with Crippen LogP contribution in [0.5, 0.6) is 0 Å². The van der Waals surface area contributed by atoms with E-state index in [0.717, 1.165) is 67.0 Å². The van der Waals surface area contributed by atoms with Crippen molar-refractivity contribution in [1.29, 1.82) is 0 Å². The summed E-state index contributed by atoms with van der Waals surface area (Å²) in [6, 6.07) is 6.27. The van der Waals surface area contributed by atoms with Gasteiger partial charge in [-0.3, -0.25) is 4.79 Å². The number of aromatic nitrogens is 5. The molecule has 0 bridgehead atoms. The molecule has 33 heavy (non-hydrogen) atoms. The van der Waals surface area contributed by atoms with Crippen molar-refractivity contribution in [3.05, 3.63) is 48.3 Å². The zero-order valence-corrected chi connectivity index (χ0v) is 18.2. The van der Waals surface area contributed by atoms with Crippen LogP contribution in [0.1, 0.15) is 24.1 Å². The highest BCUT2D eigenvalue weighted by molar-refractivity contribution is 6.00. The maximum atomic E-state index is 11.9. The molecule has 1 aromatic carbocycles. The molecule has 5 rings (SSSR count). The summed E-state index contributed by atoms with van der Waals surface area (Å²) in [7, 11) is 0. The number of carbonyl (C=O) groups excluding carboxylic acids is 1. The van der Waals surface area contributed by atoms with Crippen molar-refractivity contribution in [2.45, 2.75) is 25.3 Å². The van der Waals surface area contributed by atoms with Crippen LogP contribution in [-0.2, 0) is 11.2 Å². The fourth-order valence-corrected chi connectivity index (χ4v) is 4.21. The number of rotatable bonds is 7. The minimum absolute atomic E-state index is 0.00235. The molecule has 3 aromatic rings. The highest BCUT2D eigenvalue weighted by Crippen LogP contribution is 2.34. The molecular weight excluding hydrogens is 416 g/mol. The van der Waals surface area contributed by atoms with Crippen molar-refractivity contribution in [2.24, 2.45) is 0 Å². The second-order valence-corrected chi connectivity index (χ2v) is 8.30. The summed E-state index contributed by atoms with van der Waals surface area (Å²) >= 11 is 0. The van der Waals surface area contributed by atoms with Crippen LogP contribution in [0.15, 0.2) is 37.1 Å². The van der Waals surface area contributed by atoms with E-state index >= 15 is 0 Å². The fourth-order valence-electron chi connectivity index (χ4n) is 4.21. The summed E-state index contributed by atoms with van der Waals surface area (Å²) in [6.45, 7) is 7.10. The molecule has 9 heteroatoms. The maximum Gasteiger partial charge on any atom is 0.243 e. The van der Waals surface area contributed by atoms with Gasteiger partial charge in [0.1, 0.15) is 0 Å². The number of benzene rings is 1. The Morgan fingerprint density at radius 1 is 1.15 bits per heavy atom. The molecular formula is C24H24N8O. The zero-order valence-electron chi connectivity index (χ0n) is 18.2. The molecule has 2 aliphatic heterocycles. The minimum atomic E-state index is 0.00235. The number of nitrogens with zero attached hydrogens (tertiary/aromatic N) is 7. The lowest BCUT2D eigenvalue weighted by molar-refractivity contribution is -0.114. The third kappa shape index (κ3) is 4.20. The molecule has 0 radical (unpaired) electrons. The van der Waals surface area contributed by atoms with E-state index in [2.05, 4.69) is 65.1 Å². The Morgan fingerprint density at radius 2 is 1.97 bits per heavy atom. The van der Waals surface area contributed by atoms with E-state index < -0.39 is 0 Å². The van der Waals surface area contributed by atoms with Gasteiger partial charge in [-0.1, -0.05) is 18.7 Å². The quantitative estimate of drug-likeness (QED) is 0.437. The van der Waals surface area contributed by atoms with E-state index in [1.54, 1.807) is 0 Å². The number of nitrogens with one attached hydrogen (secondary N) is 1. The molecule has 2 aromatic heterocycles. The Morgan fingerprint density at radius 3 is 2.64 bits per heavy atom. The SMILES string of the molecule is C#Cc1cnc(N[C@@H]2CCN(c3nnc(N4CCC4)c4cc(CC(=O)C=C)ccc34)C2)nn1. The van der Waals surface area contributed by atoms with Gasteiger partial charge in [0.2, 0.25) is 5.95 Å². The number of carbonyl (C=O) groups is 1. The number of ketones is 1. The van der Waals surface area contributed by atoms with Crippen LogP contribution < -0.4 is 15.1 Å². The Labute approximate surface area is 191 Å². The first-order valence-electron chi connectivity index (χ1n) is 11.0. The number of terminal acetylenes is 1. The van der Waals surface area contributed by atoms with Crippen molar-refractivity contribution >= 4 is 34.1 Å². The van der Waals surface area contributed by atoms with Crippen LogP contribution in [0.2, 0.25) is 0 Å². The Kier molecular flexibility index (Phi) is 5.57. The summed E-state index contributed by atoms with van der Waals surface area (Å²) in [4.78, 5) is 20.6. The Bertz CT molecular complexity index is 1250. The molecule has 2 fully saturated rings. The van der Waals surface area contributed by atoms with Crippen molar-refractivity contribution in [2.75, 3.05) is 41.3 Å². The lowest BCUT2D eigenvalue weighted by Gasteiger charge is -2.33. The molecule has 9 nitrogen and oxygen atoms in total. The molecule has 1 atom stereocenters. The van der Waals surface area contributed by atoms with Crippen LogP contribution in [0.4, 0.5) is 17.6 Å². The van der Waals surface area contributed by atoms with Crippen molar-refractivity contribution in [3.63, 3.8) is 0 Å². The third-order valence-electron chi connectivity index (χ3n) is 6.10. The van der Waals surface area contributed by atoms with Gasteiger partial charge in [-0.05, 0) is 36.5 Å². The largest absolute Gasteiger partial charge is 0.354 e. The zero-order chi connectivity index (χ0) is 22.8. The molecule has 0 saturated carbocycles. The predicted molar refractivity (Wildman–Crippen MR) is 127 cm³/mol. The first-order chi connectivity index (χ1) is 16.1. The highest BCUT2D eigenvalue weighted by atomic mass is 16.1. The van der Waals surface area contributed by atoms with E-state index in [9.17, 15) is 4.79 Å². The first-order valence-corrected chi connectivity index (χ1v) is 11.0. The van der Waals surface area contributed by atoms with E-state index in [-0.39, 0.29) is 11.8 Å². The van der Waals surface area contributed by atoms with Gasteiger partial charge in [-0.2, -0.15) is 0 Å². The van der Waals surface area contributed by atoms with Crippen LogP contribution >= 0.6 is 0 Å². The molecule has 0 aliphatic carbocycles. The topological polar surface area (TPSA) is 100 Å². The average Bonchev–Trinajstić information content (AvgIpc) is 3.26. The second-order valence-electron chi connectivity index (χ2n) is 8.30. The molecule has 4 heterocycles. The van der Waals surface area contributed by atoms with Gasteiger partial charge in [0.05, 0.1) is 6.20 Å². The highest BCUT2D eigenvalue weighted by Gasteiger charge is 2.28. The third-order valence-corrected chi connectivity index (χ3v) is 6.10. The summed E-state index contributed by atoms with van der Waals surface area (Å²) in [6.07, 6.45) is 10.6. The van der Waals surface area contributed by atoms with E-state index in [4.69, 9.17) is 6.42 Å². The maximum absolute atomic E-state index is 11.9. The molecule has 2 aliphatic rings. The predicted octanol–water partition coefficient (Wildman–Crippen LogP) is 1.99. The summed E-state index contributed by atoms with van der Waals surface area (Å²) in [5, 5.41) is 22.6. The van der Waals surface area contributed by atoms with Gasteiger partial charge in [0, 0.05) is 49.4 Å². The normalized spacial score (nSPS) is 17.5. The summed E-state index contributed by atoms with van der Waals surface area (Å²) in [5.41, 5.74) is 1.36. The van der Waals surface area contributed by atoms with Crippen molar-refractivity contribution in [3.8, 4) is 12.3 Å². The van der Waals surface area contributed by atoms with Gasteiger partial charge in [-0.25, -0.2) is 4.98 Å². The van der Waals surface area contributed by atoms with Gasteiger partial charge in [-0.15, -0.1) is 26.8 Å². The lowest BCUT2D eigenvalue weighted by atomic mass is 10.0. The van der Waals surface area contributed by atoms with Crippen LogP contribution in [0, 0.1) is 12.3 Å². The molecule has 0 amide bonds. The van der Waals surface area contributed by atoms with E-state index in [1.807, 2.05) is 6.07 Å². The van der Waals surface area contributed by atoms with Crippen molar-refractivity contribution < 1.29 is 4.79 Å². The Balaban J connectivity index is 1.41. The number of hydrogen-bond acceptors (Lipinski definition) is 9. The standard InChI is InChI=1S/C24H24N8O/c1-3-17-14-25-24(30-27-17)26-18-8-11-32(15-18)22-20-7-6-16(12-19(33)4-2)13-21(20)23(29-28-22)31-9-5-10-31/h1,4,6-7,13-14,18H,2,5,8-12,15H2,(H,25,26,30)/t18-/m1/s1. The second kappa shape index (κ2) is 8.82. The first kappa shape index (κ1) is 20.8. The van der Waals surface area contributed by atoms with E-state index in [1.165, 1.54) is 12.3 Å². The molecule has 0 unspecified atom stereocenters.